The van der Waals surface area contributed by atoms with Crippen molar-refractivity contribution in [1.82, 2.24) is 4.98 Å². The molecule has 2 aromatic heterocycles. The molecule has 9 heteroatoms. The SMILES string of the molecule is C=Cc1cnc2c(C(=O)OCC)c(NC(=O)OC(C)(C)C)oc2c1.CC(C)(C)OC=O. The van der Waals surface area contributed by atoms with Crippen LogP contribution in [0.5, 0.6) is 0 Å². The number of anilines is 1. The molecule has 0 radical (unpaired) electrons. The van der Waals surface area contributed by atoms with Crippen LogP contribution >= 0.6 is 0 Å². The third kappa shape index (κ3) is 8.49. The zero-order valence-corrected chi connectivity index (χ0v) is 19.0. The van der Waals surface area contributed by atoms with E-state index in [2.05, 4.69) is 21.6 Å². The monoisotopic (exact) mass is 434 g/mol. The standard InChI is InChI=1S/C17H20N2O5.C5H10O2/c1-6-10-8-11-13(18-9-10)12(15(20)22-7-2)14(23-11)19-16(21)24-17(3,4)5;1-5(2,3)7-4-6/h6,8-9H,1,7H2,2-5H3,(H,19,21);4H,1-3H3. The summed E-state index contributed by atoms with van der Waals surface area (Å²) in [6, 6.07) is 1.67. The van der Waals surface area contributed by atoms with Gasteiger partial charge in [0.25, 0.3) is 6.47 Å². The quantitative estimate of drug-likeness (QED) is 0.399. The van der Waals surface area contributed by atoms with Gasteiger partial charge in [0.15, 0.2) is 5.58 Å². The molecule has 0 fully saturated rings. The summed E-state index contributed by atoms with van der Waals surface area (Å²) >= 11 is 0. The van der Waals surface area contributed by atoms with Gasteiger partial charge in [-0.15, -0.1) is 0 Å². The van der Waals surface area contributed by atoms with Gasteiger partial charge in [0.1, 0.15) is 22.3 Å². The van der Waals surface area contributed by atoms with Gasteiger partial charge in [-0.3, -0.25) is 15.1 Å². The normalized spacial score (nSPS) is 11.1. The molecular weight excluding hydrogens is 404 g/mol. The number of amides is 1. The molecular formula is C22H30N2O7. The summed E-state index contributed by atoms with van der Waals surface area (Å²) in [6.07, 6.45) is 2.40. The van der Waals surface area contributed by atoms with Gasteiger partial charge in [-0.05, 0) is 60.1 Å². The third-order valence-electron chi connectivity index (χ3n) is 3.28. The fraction of sp³-hybridized carbons (Fsp3) is 0.455. The van der Waals surface area contributed by atoms with Crippen LogP contribution in [0.25, 0.3) is 17.2 Å². The summed E-state index contributed by atoms with van der Waals surface area (Å²) in [5.41, 5.74) is 0.395. The number of aromatic nitrogens is 1. The second kappa shape index (κ2) is 10.6. The fourth-order valence-electron chi connectivity index (χ4n) is 2.13. The fourth-order valence-corrected chi connectivity index (χ4v) is 2.13. The summed E-state index contributed by atoms with van der Waals surface area (Å²) in [5, 5.41) is 2.44. The number of rotatable bonds is 5. The van der Waals surface area contributed by atoms with Crippen LogP contribution in [-0.4, -0.2) is 41.3 Å². The minimum Gasteiger partial charge on any atom is -0.462 e. The number of nitrogens with zero attached hydrogens (tertiary/aromatic N) is 1. The lowest BCUT2D eigenvalue weighted by Gasteiger charge is -2.19. The number of carbonyl (C=O) groups is 3. The summed E-state index contributed by atoms with van der Waals surface area (Å²) in [7, 11) is 0. The first-order valence-electron chi connectivity index (χ1n) is 9.64. The third-order valence-corrected chi connectivity index (χ3v) is 3.28. The number of esters is 1. The van der Waals surface area contributed by atoms with Crippen molar-refractivity contribution in [2.24, 2.45) is 0 Å². The number of carbonyl (C=O) groups excluding carboxylic acids is 3. The van der Waals surface area contributed by atoms with Crippen molar-refractivity contribution in [3.05, 3.63) is 30.0 Å². The number of furan rings is 1. The van der Waals surface area contributed by atoms with E-state index < -0.39 is 17.7 Å². The van der Waals surface area contributed by atoms with Gasteiger partial charge >= 0.3 is 12.1 Å². The molecule has 0 spiro atoms. The van der Waals surface area contributed by atoms with E-state index in [9.17, 15) is 14.4 Å². The van der Waals surface area contributed by atoms with Crippen LogP contribution in [0.15, 0.2) is 23.3 Å². The van der Waals surface area contributed by atoms with Gasteiger partial charge < -0.3 is 18.6 Å². The van der Waals surface area contributed by atoms with E-state index in [0.29, 0.717) is 17.6 Å². The minimum absolute atomic E-state index is 0.0494. The summed E-state index contributed by atoms with van der Waals surface area (Å²) in [5.74, 6) is -0.701. The van der Waals surface area contributed by atoms with Crippen molar-refractivity contribution in [1.29, 1.82) is 0 Å². The van der Waals surface area contributed by atoms with Gasteiger partial charge in [0.05, 0.1) is 6.61 Å². The molecule has 0 aromatic carbocycles. The highest BCUT2D eigenvalue weighted by molar-refractivity contribution is 6.08. The summed E-state index contributed by atoms with van der Waals surface area (Å²) in [6.45, 7) is 16.6. The maximum Gasteiger partial charge on any atom is 0.414 e. The van der Waals surface area contributed by atoms with Crippen LogP contribution < -0.4 is 5.32 Å². The number of nitrogens with one attached hydrogen (secondary N) is 1. The lowest BCUT2D eigenvalue weighted by molar-refractivity contribution is -0.138. The molecule has 170 valence electrons. The molecule has 0 unspecified atom stereocenters. The predicted octanol–water partition coefficient (Wildman–Crippen LogP) is 4.95. The molecule has 0 aliphatic carbocycles. The molecule has 2 rings (SSSR count). The number of hydrogen-bond donors (Lipinski definition) is 1. The number of fused-ring (bicyclic) bond motifs is 1. The molecule has 0 saturated heterocycles. The van der Waals surface area contributed by atoms with Crippen LogP contribution in [0.3, 0.4) is 0 Å². The largest absolute Gasteiger partial charge is 0.462 e. The highest BCUT2D eigenvalue weighted by Gasteiger charge is 2.26. The average molecular weight is 434 g/mol. The zero-order chi connectivity index (χ0) is 23.8. The van der Waals surface area contributed by atoms with E-state index in [1.807, 2.05) is 20.8 Å². The Morgan fingerprint density at radius 3 is 2.29 bits per heavy atom. The Bertz CT molecular complexity index is 934. The van der Waals surface area contributed by atoms with E-state index in [1.54, 1.807) is 46.0 Å². The number of hydrogen-bond acceptors (Lipinski definition) is 8. The van der Waals surface area contributed by atoms with Crippen LogP contribution in [0.1, 0.15) is 64.4 Å². The van der Waals surface area contributed by atoms with Crippen LogP contribution in [-0.2, 0) is 19.0 Å². The smallest absolute Gasteiger partial charge is 0.414 e. The van der Waals surface area contributed by atoms with Crippen LogP contribution in [0.4, 0.5) is 10.7 Å². The highest BCUT2D eigenvalue weighted by Crippen LogP contribution is 2.30. The highest BCUT2D eigenvalue weighted by atomic mass is 16.6. The number of pyridine rings is 1. The zero-order valence-electron chi connectivity index (χ0n) is 19.0. The Morgan fingerprint density at radius 2 is 1.84 bits per heavy atom. The Morgan fingerprint density at radius 1 is 1.19 bits per heavy atom. The van der Waals surface area contributed by atoms with Crippen LogP contribution in [0, 0.1) is 0 Å². The average Bonchev–Trinajstić information content (AvgIpc) is 2.96. The molecule has 0 aliphatic heterocycles. The van der Waals surface area contributed by atoms with Gasteiger partial charge in [-0.1, -0.05) is 12.7 Å². The Balaban J connectivity index is 0.000000592. The molecule has 1 N–H and O–H groups in total. The lowest BCUT2D eigenvalue weighted by atomic mass is 10.2. The maximum absolute atomic E-state index is 12.2. The second-order valence-corrected chi connectivity index (χ2v) is 8.30. The Hall–Kier alpha value is -3.36. The Kier molecular flexibility index (Phi) is 8.78. The van der Waals surface area contributed by atoms with Gasteiger partial charge in [-0.2, -0.15) is 0 Å². The molecule has 31 heavy (non-hydrogen) atoms. The molecule has 2 heterocycles. The van der Waals surface area contributed by atoms with Crippen molar-refractivity contribution in [2.45, 2.75) is 59.7 Å². The maximum atomic E-state index is 12.2. The predicted molar refractivity (Wildman–Crippen MR) is 117 cm³/mol. The van der Waals surface area contributed by atoms with Crippen molar-refractivity contribution in [3.63, 3.8) is 0 Å². The van der Waals surface area contributed by atoms with Crippen molar-refractivity contribution < 1.29 is 33.0 Å². The summed E-state index contributed by atoms with van der Waals surface area (Å²) < 4.78 is 20.3. The van der Waals surface area contributed by atoms with Gasteiger partial charge in [0, 0.05) is 6.20 Å². The molecule has 9 nitrogen and oxygen atoms in total. The first-order chi connectivity index (χ1) is 14.3. The van der Waals surface area contributed by atoms with E-state index in [4.69, 9.17) is 13.9 Å². The Labute approximate surface area is 181 Å². The van der Waals surface area contributed by atoms with Gasteiger partial charge in [-0.25, -0.2) is 9.59 Å². The van der Waals surface area contributed by atoms with E-state index in [0.717, 1.165) is 5.56 Å². The molecule has 0 aliphatic rings. The lowest BCUT2D eigenvalue weighted by Crippen LogP contribution is -2.27. The van der Waals surface area contributed by atoms with Crippen molar-refractivity contribution >= 4 is 41.6 Å². The molecule has 0 atom stereocenters. The van der Waals surface area contributed by atoms with Crippen LogP contribution in [0.2, 0.25) is 0 Å². The first-order valence-corrected chi connectivity index (χ1v) is 9.64. The van der Waals surface area contributed by atoms with E-state index in [1.165, 1.54) is 0 Å². The van der Waals surface area contributed by atoms with Crippen molar-refractivity contribution in [3.8, 4) is 0 Å². The molecule has 0 bridgehead atoms. The molecule has 0 saturated carbocycles. The van der Waals surface area contributed by atoms with Crippen molar-refractivity contribution in [2.75, 3.05) is 11.9 Å². The van der Waals surface area contributed by atoms with E-state index >= 15 is 0 Å². The second-order valence-electron chi connectivity index (χ2n) is 8.30. The summed E-state index contributed by atoms with van der Waals surface area (Å²) in [4.78, 5) is 38.0. The van der Waals surface area contributed by atoms with Gasteiger partial charge in [0.2, 0.25) is 5.88 Å². The minimum atomic E-state index is -0.740. The first kappa shape index (κ1) is 25.7. The van der Waals surface area contributed by atoms with E-state index in [-0.39, 0.29) is 23.7 Å². The molecule has 1 amide bonds. The number of ether oxygens (including phenoxy) is 3. The molecule has 2 aromatic rings. The topological polar surface area (TPSA) is 117 Å².